The third-order valence-corrected chi connectivity index (χ3v) is 2.88. The van der Waals surface area contributed by atoms with Crippen LogP contribution in [-0.2, 0) is 11.2 Å². The number of hydrogen-bond donors (Lipinski definition) is 3. The van der Waals surface area contributed by atoms with Gasteiger partial charge in [0.15, 0.2) is 0 Å². The van der Waals surface area contributed by atoms with E-state index in [2.05, 4.69) is 15.5 Å². The lowest BCUT2D eigenvalue weighted by molar-refractivity contribution is -0.115. The van der Waals surface area contributed by atoms with Gasteiger partial charge in [-0.3, -0.25) is 9.89 Å². The number of hydrogen-bond acceptors (Lipinski definition) is 3. The molecule has 0 saturated carbocycles. The summed E-state index contributed by atoms with van der Waals surface area (Å²) in [4.78, 5) is 23.2. The number of anilines is 1. The number of nitrogens with one attached hydrogen (secondary N) is 2. The first kappa shape index (κ1) is 13.8. The van der Waals surface area contributed by atoms with E-state index in [0.717, 1.165) is 11.1 Å². The predicted molar refractivity (Wildman–Crippen MR) is 73.8 cm³/mol. The standard InChI is InChI=1S/C14H15N3O3/c1-8-5-9(2)13(11(6-8)14(19)20)16-12(18)7-10-3-4-15-17-10/h3-6H,7H2,1-2H3,(H,15,17)(H,16,18)(H,19,20). The Morgan fingerprint density at radius 1 is 1.35 bits per heavy atom. The van der Waals surface area contributed by atoms with Crippen molar-refractivity contribution in [2.24, 2.45) is 0 Å². The highest BCUT2D eigenvalue weighted by Gasteiger charge is 2.16. The zero-order valence-corrected chi connectivity index (χ0v) is 11.2. The number of aromatic nitrogens is 2. The van der Waals surface area contributed by atoms with E-state index >= 15 is 0 Å². The van der Waals surface area contributed by atoms with E-state index in [4.69, 9.17) is 0 Å². The van der Waals surface area contributed by atoms with Crippen molar-refractivity contribution in [1.29, 1.82) is 0 Å². The zero-order valence-electron chi connectivity index (χ0n) is 11.2. The van der Waals surface area contributed by atoms with E-state index in [9.17, 15) is 14.7 Å². The second kappa shape index (κ2) is 5.56. The van der Waals surface area contributed by atoms with Crippen LogP contribution in [0.3, 0.4) is 0 Å². The van der Waals surface area contributed by atoms with Gasteiger partial charge in [0, 0.05) is 11.9 Å². The van der Waals surface area contributed by atoms with Crippen LogP contribution in [-0.4, -0.2) is 27.2 Å². The summed E-state index contributed by atoms with van der Waals surface area (Å²) >= 11 is 0. The molecule has 0 aliphatic rings. The molecule has 3 N–H and O–H groups in total. The summed E-state index contributed by atoms with van der Waals surface area (Å²) in [7, 11) is 0. The van der Waals surface area contributed by atoms with Crippen molar-refractivity contribution in [2.45, 2.75) is 20.3 Å². The van der Waals surface area contributed by atoms with Gasteiger partial charge >= 0.3 is 5.97 Å². The van der Waals surface area contributed by atoms with E-state index < -0.39 is 5.97 Å². The van der Waals surface area contributed by atoms with Gasteiger partial charge in [-0.05, 0) is 37.1 Å². The van der Waals surface area contributed by atoms with Crippen LogP contribution in [0, 0.1) is 13.8 Å². The largest absolute Gasteiger partial charge is 0.478 e. The Kier molecular flexibility index (Phi) is 3.84. The summed E-state index contributed by atoms with van der Waals surface area (Å²) < 4.78 is 0. The molecule has 0 saturated heterocycles. The molecular weight excluding hydrogens is 258 g/mol. The van der Waals surface area contributed by atoms with E-state index in [1.165, 1.54) is 0 Å². The maximum Gasteiger partial charge on any atom is 0.337 e. The van der Waals surface area contributed by atoms with Crippen molar-refractivity contribution in [3.63, 3.8) is 0 Å². The molecule has 0 aliphatic carbocycles. The van der Waals surface area contributed by atoms with Crippen LogP contribution in [0.15, 0.2) is 24.4 Å². The lowest BCUT2D eigenvalue weighted by atomic mass is 10.0. The van der Waals surface area contributed by atoms with E-state index in [1.54, 1.807) is 25.3 Å². The highest BCUT2D eigenvalue weighted by molar-refractivity contribution is 6.02. The van der Waals surface area contributed by atoms with Gasteiger partial charge in [-0.15, -0.1) is 0 Å². The number of benzene rings is 1. The van der Waals surface area contributed by atoms with E-state index in [0.29, 0.717) is 11.4 Å². The first-order valence-electron chi connectivity index (χ1n) is 6.10. The molecule has 104 valence electrons. The Morgan fingerprint density at radius 3 is 2.70 bits per heavy atom. The van der Waals surface area contributed by atoms with Crippen molar-refractivity contribution in [2.75, 3.05) is 5.32 Å². The molecule has 2 aromatic rings. The number of H-pyrrole nitrogens is 1. The first-order valence-corrected chi connectivity index (χ1v) is 6.10. The molecule has 0 aliphatic heterocycles. The number of aromatic carboxylic acids is 1. The lowest BCUT2D eigenvalue weighted by Gasteiger charge is -2.12. The Morgan fingerprint density at radius 2 is 2.10 bits per heavy atom. The fourth-order valence-corrected chi connectivity index (χ4v) is 2.04. The van der Waals surface area contributed by atoms with Crippen molar-refractivity contribution < 1.29 is 14.7 Å². The second-order valence-corrected chi connectivity index (χ2v) is 4.62. The van der Waals surface area contributed by atoms with Gasteiger partial charge in [0.25, 0.3) is 0 Å². The third kappa shape index (κ3) is 3.03. The summed E-state index contributed by atoms with van der Waals surface area (Å²) in [5, 5.41) is 18.3. The number of rotatable bonds is 4. The molecule has 6 nitrogen and oxygen atoms in total. The highest BCUT2D eigenvalue weighted by atomic mass is 16.4. The molecule has 1 amide bonds. The number of amides is 1. The first-order chi connectivity index (χ1) is 9.47. The molecule has 2 rings (SSSR count). The number of carboxylic acids is 1. The molecule has 1 heterocycles. The molecule has 0 atom stereocenters. The summed E-state index contributed by atoms with van der Waals surface area (Å²) in [5.41, 5.74) is 2.67. The Bertz CT molecular complexity index is 648. The van der Waals surface area contributed by atoms with E-state index in [-0.39, 0.29) is 17.9 Å². The monoisotopic (exact) mass is 273 g/mol. The van der Waals surface area contributed by atoms with Crippen molar-refractivity contribution in [3.05, 3.63) is 46.8 Å². The van der Waals surface area contributed by atoms with Crippen LogP contribution < -0.4 is 5.32 Å². The Balaban J connectivity index is 2.24. The summed E-state index contributed by atoms with van der Waals surface area (Å²) in [6.07, 6.45) is 1.68. The summed E-state index contributed by atoms with van der Waals surface area (Å²) in [6.45, 7) is 3.58. The zero-order chi connectivity index (χ0) is 14.7. The summed E-state index contributed by atoms with van der Waals surface area (Å²) in [5.74, 6) is -1.35. The van der Waals surface area contributed by atoms with Crippen LogP contribution >= 0.6 is 0 Å². The van der Waals surface area contributed by atoms with Crippen LogP contribution in [0.2, 0.25) is 0 Å². The molecular formula is C14H15N3O3. The van der Waals surface area contributed by atoms with Crippen molar-refractivity contribution in [1.82, 2.24) is 10.2 Å². The van der Waals surface area contributed by atoms with Gasteiger partial charge in [0.1, 0.15) is 0 Å². The predicted octanol–water partition coefficient (Wildman–Crippen LogP) is 1.91. The van der Waals surface area contributed by atoms with Crippen LogP contribution in [0.5, 0.6) is 0 Å². The molecule has 0 radical (unpaired) electrons. The fraction of sp³-hybridized carbons (Fsp3) is 0.214. The molecule has 1 aromatic heterocycles. The second-order valence-electron chi connectivity index (χ2n) is 4.62. The normalized spacial score (nSPS) is 10.3. The molecule has 0 spiro atoms. The Hall–Kier alpha value is -2.63. The molecule has 0 bridgehead atoms. The molecule has 0 unspecified atom stereocenters. The molecule has 0 fully saturated rings. The molecule has 6 heteroatoms. The van der Waals surface area contributed by atoms with Crippen molar-refractivity contribution >= 4 is 17.6 Å². The Labute approximate surface area is 115 Å². The van der Waals surface area contributed by atoms with Crippen LogP contribution in [0.25, 0.3) is 0 Å². The van der Waals surface area contributed by atoms with E-state index in [1.807, 2.05) is 13.0 Å². The number of carboxylic acid groups (broad SMARTS) is 1. The SMILES string of the molecule is Cc1cc(C)c(NC(=O)Cc2ccn[nH]2)c(C(=O)O)c1. The third-order valence-electron chi connectivity index (χ3n) is 2.88. The lowest BCUT2D eigenvalue weighted by Crippen LogP contribution is -2.18. The average Bonchev–Trinajstić information content (AvgIpc) is 2.84. The number of aryl methyl sites for hydroxylation is 2. The van der Waals surface area contributed by atoms with Gasteiger partial charge < -0.3 is 10.4 Å². The fourth-order valence-electron chi connectivity index (χ4n) is 2.04. The minimum atomic E-state index is -1.06. The smallest absolute Gasteiger partial charge is 0.337 e. The quantitative estimate of drug-likeness (QED) is 0.793. The minimum Gasteiger partial charge on any atom is -0.478 e. The van der Waals surface area contributed by atoms with Gasteiger partial charge in [0.2, 0.25) is 5.91 Å². The number of carbonyl (C=O) groups excluding carboxylic acids is 1. The molecule has 20 heavy (non-hydrogen) atoms. The molecule has 1 aromatic carbocycles. The number of carbonyl (C=O) groups is 2. The topological polar surface area (TPSA) is 95.1 Å². The van der Waals surface area contributed by atoms with Crippen LogP contribution in [0.1, 0.15) is 27.2 Å². The van der Waals surface area contributed by atoms with Crippen molar-refractivity contribution in [3.8, 4) is 0 Å². The summed E-state index contributed by atoms with van der Waals surface area (Å²) in [6, 6.07) is 5.07. The number of nitrogens with zero attached hydrogens (tertiary/aromatic N) is 1. The maximum atomic E-state index is 11.9. The maximum absolute atomic E-state index is 11.9. The minimum absolute atomic E-state index is 0.0976. The van der Waals surface area contributed by atoms with Gasteiger partial charge in [0.05, 0.1) is 17.7 Å². The van der Waals surface area contributed by atoms with Crippen LogP contribution in [0.4, 0.5) is 5.69 Å². The van der Waals surface area contributed by atoms with Gasteiger partial charge in [-0.2, -0.15) is 5.10 Å². The van der Waals surface area contributed by atoms with Gasteiger partial charge in [-0.25, -0.2) is 4.79 Å². The van der Waals surface area contributed by atoms with Gasteiger partial charge in [-0.1, -0.05) is 6.07 Å². The highest BCUT2D eigenvalue weighted by Crippen LogP contribution is 2.23. The average molecular weight is 273 g/mol. The number of aromatic amines is 1.